The molecule has 0 spiro atoms. The summed E-state index contributed by atoms with van der Waals surface area (Å²) in [6, 6.07) is -0.542. The molecule has 1 saturated heterocycles. The van der Waals surface area contributed by atoms with Crippen LogP contribution >= 0.6 is 0 Å². The monoisotopic (exact) mass is 191 g/mol. The maximum absolute atomic E-state index is 9.48. The van der Waals surface area contributed by atoms with Gasteiger partial charge in [0.15, 0.2) is 6.29 Å². The molecule has 76 valence electrons. The third-order valence-electron chi connectivity index (χ3n) is 2.86. The minimum atomic E-state index is -1.21. The third-order valence-corrected chi connectivity index (χ3v) is 2.86. The smallest absolute Gasteiger partial charge is 0.181 e. The van der Waals surface area contributed by atoms with Gasteiger partial charge in [-0.1, -0.05) is 0 Å². The summed E-state index contributed by atoms with van der Waals surface area (Å²) >= 11 is 0. The van der Waals surface area contributed by atoms with Gasteiger partial charge in [-0.3, -0.25) is 4.84 Å². The molecular weight excluding hydrogens is 178 g/mol. The summed E-state index contributed by atoms with van der Waals surface area (Å²) in [7, 11) is 1.54. The van der Waals surface area contributed by atoms with Gasteiger partial charge in [0.25, 0.3) is 0 Å². The fourth-order valence-corrected chi connectivity index (χ4v) is 2.17. The SMILES string of the molecule is CN1O[C@@H](O)[C@@H]2[C@@H](O)[C@H](O)[C@@H](O)[C@@H]21. The van der Waals surface area contributed by atoms with Gasteiger partial charge in [-0.25, -0.2) is 0 Å². The normalized spacial score (nSPS) is 57.0. The van der Waals surface area contributed by atoms with Gasteiger partial charge in [0.05, 0.1) is 18.1 Å². The van der Waals surface area contributed by atoms with E-state index in [-0.39, 0.29) is 0 Å². The van der Waals surface area contributed by atoms with Crippen LogP contribution in [0.5, 0.6) is 0 Å². The van der Waals surface area contributed by atoms with Crippen molar-refractivity contribution in [1.29, 1.82) is 0 Å². The predicted octanol–water partition coefficient (Wildman–Crippen LogP) is -2.74. The average molecular weight is 191 g/mol. The quantitative estimate of drug-likeness (QED) is 0.332. The van der Waals surface area contributed by atoms with Gasteiger partial charge in [-0.05, 0) is 0 Å². The first-order valence-electron chi connectivity index (χ1n) is 4.16. The van der Waals surface area contributed by atoms with E-state index in [1.54, 1.807) is 7.05 Å². The summed E-state index contributed by atoms with van der Waals surface area (Å²) in [5, 5.41) is 38.9. The van der Waals surface area contributed by atoms with Crippen LogP contribution in [-0.4, -0.2) is 63.2 Å². The van der Waals surface area contributed by atoms with Crippen molar-refractivity contribution in [2.24, 2.45) is 5.92 Å². The second-order valence-electron chi connectivity index (χ2n) is 3.58. The summed E-state index contributed by atoms with van der Waals surface area (Å²) in [4.78, 5) is 4.88. The van der Waals surface area contributed by atoms with Gasteiger partial charge in [0.1, 0.15) is 12.2 Å². The fourth-order valence-electron chi connectivity index (χ4n) is 2.17. The molecule has 6 heteroatoms. The topological polar surface area (TPSA) is 93.4 Å². The number of fused-ring (bicyclic) bond motifs is 1. The number of aliphatic hydroxyl groups excluding tert-OH is 4. The highest BCUT2D eigenvalue weighted by molar-refractivity contribution is 5.04. The van der Waals surface area contributed by atoms with E-state index in [1.807, 2.05) is 0 Å². The Morgan fingerprint density at radius 1 is 1.00 bits per heavy atom. The van der Waals surface area contributed by atoms with Crippen molar-refractivity contribution >= 4 is 0 Å². The van der Waals surface area contributed by atoms with Gasteiger partial charge in [-0.2, -0.15) is 5.06 Å². The molecular formula is C7H13NO5. The van der Waals surface area contributed by atoms with Crippen molar-refractivity contribution in [2.45, 2.75) is 30.6 Å². The maximum Gasteiger partial charge on any atom is 0.181 e. The minimum absolute atomic E-state index is 0.542. The summed E-state index contributed by atoms with van der Waals surface area (Å²) in [5.41, 5.74) is 0. The van der Waals surface area contributed by atoms with Gasteiger partial charge < -0.3 is 20.4 Å². The molecule has 0 amide bonds. The van der Waals surface area contributed by atoms with Crippen LogP contribution in [0.15, 0.2) is 0 Å². The number of hydrogen-bond donors (Lipinski definition) is 4. The lowest BCUT2D eigenvalue weighted by Crippen LogP contribution is -2.39. The Labute approximate surface area is 74.9 Å². The van der Waals surface area contributed by atoms with E-state index < -0.39 is 36.6 Å². The molecule has 13 heavy (non-hydrogen) atoms. The van der Waals surface area contributed by atoms with E-state index in [4.69, 9.17) is 4.84 Å². The number of hydrogen-bond acceptors (Lipinski definition) is 6. The van der Waals surface area contributed by atoms with Crippen molar-refractivity contribution in [3.05, 3.63) is 0 Å². The van der Waals surface area contributed by atoms with Gasteiger partial charge >= 0.3 is 0 Å². The number of nitrogens with zero attached hydrogens (tertiary/aromatic N) is 1. The first-order chi connectivity index (χ1) is 6.04. The zero-order valence-electron chi connectivity index (χ0n) is 7.11. The molecule has 0 aromatic carbocycles. The lowest BCUT2D eigenvalue weighted by atomic mass is 10.0. The van der Waals surface area contributed by atoms with Gasteiger partial charge in [-0.15, -0.1) is 0 Å². The van der Waals surface area contributed by atoms with Crippen molar-refractivity contribution in [3.8, 4) is 0 Å². The molecule has 6 nitrogen and oxygen atoms in total. The highest BCUT2D eigenvalue weighted by Crippen LogP contribution is 2.38. The second-order valence-corrected chi connectivity index (χ2v) is 3.58. The molecule has 0 bridgehead atoms. The molecule has 0 radical (unpaired) electrons. The molecule has 1 heterocycles. The van der Waals surface area contributed by atoms with Crippen LogP contribution in [0.1, 0.15) is 0 Å². The molecule has 0 unspecified atom stereocenters. The molecule has 6 atom stereocenters. The first kappa shape index (κ1) is 9.32. The number of rotatable bonds is 0. The standard InChI is InChI=1S/C7H13NO5/c1-8-3-2(7(12)13-8)4(9)6(11)5(3)10/h2-7,9-12H,1H3/t2-,3+,4+,5-,6-,7+/m0/s1. The fraction of sp³-hybridized carbons (Fsp3) is 1.00. The first-order valence-corrected chi connectivity index (χ1v) is 4.16. The molecule has 1 saturated carbocycles. The van der Waals surface area contributed by atoms with Crippen LogP contribution < -0.4 is 0 Å². The average Bonchev–Trinajstić information content (AvgIpc) is 2.47. The van der Waals surface area contributed by atoms with Gasteiger partial charge in [0.2, 0.25) is 0 Å². The summed E-state index contributed by atoms with van der Waals surface area (Å²) in [6.07, 6.45) is -4.59. The Morgan fingerprint density at radius 2 is 1.62 bits per heavy atom. The van der Waals surface area contributed by atoms with Gasteiger partial charge in [0, 0.05) is 7.05 Å². The van der Waals surface area contributed by atoms with E-state index in [2.05, 4.69) is 0 Å². The number of hydroxylamine groups is 2. The zero-order chi connectivity index (χ0) is 9.75. The minimum Gasteiger partial charge on any atom is -0.390 e. The van der Waals surface area contributed by atoms with Crippen LogP contribution in [0.4, 0.5) is 0 Å². The molecule has 4 N–H and O–H groups in total. The third kappa shape index (κ3) is 1.11. The largest absolute Gasteiger partial charge is 0.390 e. The van der Waals surface area contributed by atoms with Crippen molar-refractivity contribution in [1.82, 2.24) is 5.06 Å². The molecule has 2 fully saturated rings. The van der Waals surface area contributed by atoms with Crippen LogP contribution in [-0.2, 0) is 4.84 Å². The van der Waals surface area contributed by atoms with Crippen molar-refractivity contribution < 1.29 is 25.3 Å². The lowest BCUT2D eigenvalue weighted by molar-refractivity contribution is -0.233. The van der Waals surface area contributed by atoms with E-state index in [0.29, 0.717) is 0 Å². The summed E-state index contributed by atoms with van der Waals surface area (Å²) in [6.45, 7) is 0. The van der Waals surface area contributed by atoms with E-state index >= 15 is 0 Å². The predicted molar refractivity (Wildman–Crippen MR) is 40.2 cm³/mol. The van der Waals surface area contributed by atoms with E-state index in [1.165, 1.54) is 5.06 Å². The summed E-state index contributed by atoms with van der Waals surface area (Å²) in [5.74, 6) is -0.644. The van der Waals surface area contributed by atoms with E-state index in [9.17, 15) is 20.4 Å². The number of likely N-dealkylation sites (N-methyl/N-ethyl adjacent to an activating group) is 1. The number of aliphatic hydroxyl groups is 4. The van der Waals surface area contributed by atoms with Crippen molar-refractivity contribution in [3.63, 3.8) is 0 Å². The van der Waals surface area contributed by atoms with E-state index in [0.717, 1.165) is 0 Å². The Balaban J connectivity index is 2.25. The molecule has 2 rings (SSSR count). The Bertz CT molecular complexity index is 193. The lowest BCUT2D eigenvalue weighted by Gasteiger charge is -2.20. The molecule has 1 aliphatic carbocycles. The highest BCUT2D eigenvalue weighted by atomic mass is 16.8. The van der Waals surface area contributed by atoms with Crippen LogP contribution in [0.3, 0.4) is 0 Å². The van der Waals surface area contributed by atoms with Crippen LogP contribution in [0.2, 0.25) is 0 Å². The molecule has 1 aliphatic heterocycles. The van der Waals surface area contributed by atoms with Crippen LogP contribution in [0, 0.1) is 5.92 Å². The molecule has 0 aromatic heterocycles. The maximum atomic E-state index is 9.48. The van der Waals surface area contributed by atoms with Crippen molar-refractivity contribution in [2.75, 3.05) is 7.05 Å². The molecule has 0 aromatic rings. The summed E-state index contributed by atoms with van der Waals surface area (Å²) < 4.78 is 0. The van der Waals surface area contributed by atoms with Crippen LogP contribution in [0.25, 0.3) is 0 Å². The second kappa shape index (κ2) is 2.88. The Hall–Kier alpha value is -0.240. The Morgan fingerprint density at radius 3 is 2.15 bits per heavy atom. The Kier molecular flexibility index (Phi) is 2.06. The highest BCUT2D eigenvalue weighted by Gasteiger charge is 2.58. The molecule has 2 aliphatic rings. The zero-order valence-corrected chi connectivity index (χ0v) is 7.11.